The van der Waals surface area contributed by atoms with Crippen molar-refractivity contribution in [1.82, 2.24) is 0 Å². The molecule has 0 aliphatic carbocycles. The molecule has 0 spiro atoms. The van der Waals surface area contributed by atoms with Crippen molar-refractivity contribution in [2.45, 2.75) is 52.6 Å². The minimum atomic E-state index is 0.0632. The fourth-order valence-corrected chi connectivity index (χ4v) is 1.85. The van der Waals surface area contributed by atoms with Gasteiger partial charge < -0.3 is 4.74 Å². The van der Waals surface area contributed by atoms with Gasteiger partial charge in [-0.2, -0.15) is 0 Å². The normalized spacial score (nSPS) is 12.7. The maximum atomic E-state index is 11.9. The molecule has 0 aliphatic heterocycles. The van der Waals surface area contributed by atoms with Gasteiger partial charge in [0.15, 0.2) is 5.78 Å². The van der Waals surface area contributed by atoms with Gasteiger partial charge in [-0.25, -0.2) is 0 Å². The molecule has 0 saturated carbocycles. The third-order valence-electron chi connectivity index (χ3n) is 3.09. The van der Waals surface area contributed by atoms with Gasteiger partial charge in [0.25, 0.3) is 0 Å². The molecule has 0 aliphatic rings. The zero-order chi connectivity index (χ0) is 13.5. The number of rotatable bonds is 7. The van der Waals surface area contributed by atoms with Crippen LogP contribution < -0.4 is 0 Å². The number of carbonyl (C=O) groups excluding carboxylic acids is 1. The summed E-state index contributed by atoms with van der Waals surface area (Å²) in [6.45, 7) is 8.60. The lowest BCUT2D eigenvalue weighted by molar-refractivity contribution is 0.0490. The second-order valence-electron chi connectivity index (χ2n) is 5.11. The zero-order valence-corrected chi connectivity index (χ0v) is 11.9. The van der Waals surface area contributed by atoms with Crippen LogP contribution >= 0.6 is 0 Å². The number of hydrogen-bond donors (Lipinski definition) is 0. The molecule has 1 unspecified atom stereocenters. The summed E-state index contributed by atoms with van der Waals surface area (Å²) in [5, 5.41) is 0. The van der Waals surface area contributed by atoms with Gasteiger partial charge in [0.2, 0.25) is 0 Å². The van der Waals surface area contributed by atoms with Crippen LogP contribution in [0.3, 0.4) is 0 Å². The molecule has 0 radical (unpaired) electrons. The van der Waals surface area contributed by atoms with Crippen molar-refractivity contribution in [3.05, 3.63) is 35.4 Å². The summed E-state index contributed by atoms with van der Waals surface area (Å²) >= 11 is 0. The van der Waals surface area contributed by atoms with Crippen molar-refractivity contribution in [3.63, 3.8) is 0 Å². The lowest BCUT2D eigenvalue weighted by atomic mass is 10.0. The molecule has 2 heteroatoms. The van der Waals surface area contributed by atoms with Crippen molar-refractivity contribution >= 4 is 5.78 Å². The van der Waals surface area contributed by atoms with E-state index in [1.54, 1.807) is 0 Å². The first-order chi connectivity index (χ1) is 8.54. The Morgan fingerprint density at radius 3 is 2.28 bits per heavy atom. The zero-order valence-electron chi connectivity index (χ0n) is 11.9. The van der Waals surface area contributed by atoms with Gasteiger partial charge in [0.05, 0.1) is 6.10 Å². The van der Waals surface area contributed by atoms with Crippen LogP contribution in [0.5, 0.6) is 0 Å². The van der Waals surface area contributed by atoms with E-state index >= 15 is 0 Å². The van der Waals surface area contributed by atoms with Gasteiger partial charge in [-0.3, -0.25) is 4.79 Å². The predicted molar refractivity (Wildman–Crippen MR) is 75.2 cm³/mol. The Hall–Kier alpha value is -1.15. The smallest absolute Gasteiger partial charge is 0.188 e. The van der Waals surface area contributed by atoms with Gasteiger partial charge in [0.1, 0.15) is 6.61 Å². The molecule has 1 aromatic carbocycles. The first-order valence-electron chi connectivity index (χ1n) is 6.79. The maximum Gasteiger partial charge on any atom is 0.188 e. The van der Waals surface area contributed by atoms with Crippen molar-refractivity contribution in [3.8, 4) is 0 Å². The van der Waals surface area contributed by atoms with E-state index in [0.29, 0.717) is 5.92 Å². The Balaban J connectivity index is 2.51. The van der Waals surface area contributed by atoms with Gasteiger partial charge in [0, 0.05) is 5.56 Å². The summed E-state index contributed by atoms with van der Waals surface area (Å²) in [5.41, 5.74) is 2.00. The molecule has 18 heavy (non-hydrogen) atoms. The highest BCUT2D eigenvalue weighted by Crippen LogP contribution is 2.15. The number of carbonyl (C=O) groups is 1. The topological polar surface area (TPSA) is 26.3 Å². The molecule has 1 rings (SSSR count). The molecule has 0 N–H and O–H groups in total. The molecule has 0 bridgehead atoms. The average Bonchev–Trinajstić information content (AvgIpc) is 2.36. The van der Waals surface area contributed by atoms with Gasteiger partial charge in [-0.1, -0.05) is 51.5 Å². The third-order valence-corrected chi connectivity index (χ3v) is 3.09. The van der Waals surface area contributed by atoms with E-state index in [4.69, 9.17) is 4.74 Å². The Morgan fingerprint density at radius 1 is 1.17 bits per heavy atom. The number of Topliss-reactive ketones (excluding diaryl/α,β-unsaturated/α-hetero) is 1. The Morgan fingerprint density at radius 2 is 1.78 bits per heavy atom. The van der Waals surface area contributed by atoms with Crippen molar-refractivity contribution < 1.29 is 9.53 Å². The molecule has 0 fully saturated rings. The van der Waals surface area contributed by atoms with E-state index in [0.717, 1.165) is 18.4 Å². The minimum absolute atomic E-state index is 0.0632. The quantitative estimate of drug-likeness (QED) is 0.676. The molecular weight excluding hydrogens is 224 g/mol. The van der Waals surface area contributed by atoms with Crippen LogP contribution in [0.4, 0.5) is 0 Å². The molecular formula is C16H24O2. The highest BCUT2D eigenvalue weighted by Gasteiger charge is 2.09. The van der Waals surface area contributed by atoms with Crippen molar-refractivity contribution in [2.24, 2.45) is 0 Å². The highest BCUT2D eigenvalue weighted by atomic mass is 16.5. The van der Waals surface area contributed by atoms with Crippen LogP contribution in [-0.2, 0) is 4.74 Å². The molecule has 0 aromatic heterocycles. The van der Waals surface area contributed by atoms with Crippen molar-refractivity contribution in [1.29, 1.82) is 0 Å². The van der Waals surface area contributed by atoms with E-state index in [9.17, 15) is 4.79 Å². The summed E-state index contributed by atoms with van der Waals surface area (Å²) in [6.07, 6.45) is 2.24. The highest BCUT2D eigenvalue weighted by molar-refractivity contribution is 5.97. The Labute approximate surface area is 110 Å². The summed E-state index contributed by atoms with van der Waals surface area (Å²) in [6, 6.07) is 7.83. The largest absolute Gasteiger partial charge is 0.370 e. The molecule has 1 atom stereocenters. The first-order valence-corrected chi connectivity index (χ1v) is 6.79. The van der Waals surface area contributed by atoms with Crippen LogP contribution in [0, 0.1) is 0 Å². The van der Waals surface area contributed by atoms with E-state index in [2.05, 4.69) is 20.8 Å². The van der Waals surface area contributed by atoms with E-state index in [-0.39, 0.29) is 18.5 Å². The van der Waals surface area contributed by atoms with E-state index in [1.165, 1.54) is 5.56 Å². The lowest BCUT2D eigenvalue weighted by Gasteiger charge is -2.11. The van der Waals surface area contributed by atoms with Crippen molar-refractivity contribution in [2.75, 3.05) is 6.61 Å². The standard InChI is InChI=1S/C16H24O2/c1-5-6-13(4)18-11-16(17)15-9-7-14(8-10-15)12(2)3/h7-10,12-13H,5-6,11H2,1-4H3. The third kappa shape index (κ3) is 4.61. The molecule has 0 heterocycles. The summed E-state index contributed by atoms with van der Waals surface area (Å²) in [4.78, 5) is 11.9. The SMILES string of the molecule is CCCC(C)OCC(=O)c1ccc(C(C)C)cc1. The summed E-state index contributed by atoms with van der Waals surface area (Å²) < 4.78 is 5.53. The number of benzene rings is 1. The number of hydrogen-bond acceptors (Lipinski definition) is 2. The molecule has 1 aromatic rings. The maximum absolute atomic E-state index is 11.9. The van der Waals surface area contributed by atoms with Gasteiger partial charge in [-0.15, -0.1) is 0 Å². The average molecular weight is 248 g/mol. The van der Waals surface area contributed by atoms with Crippen LogP contribution in [0.25, 0.3) is 0 Å². The predicted octanol–water partition coefficient (Wildman–Crippen LogP) is 4.20. The summed E-state index contributed by atoms with van der Waals surface area (Å²) in [5.74, 6) is 0.559. The van der Waals surface area contributed by atoms with Crippen LogP contribution in [0.2, 0.25) is 0 Å². The lowest BCUT2D eigenvalue weighted by Crippen LogP contribution is -2.15. The Bertz CT molecular complexity index is 365. The van der Waals surface area contributed by atoms with E-state index < -0.39 is 0 Å². The second-order valence-corrected chi connectivity index (χ2v) is 5.11. The Kier molecular flexibility index (Phi) is 6.06. The minimum Gasteiger partial charge on any atom is -0.370 e. The molecule has 0 amide bonds. The summed E-state index contributed by atoms with van der Waals surface area (Å²) in [7, 11) is 0. The van der Waals surface area contributed by atoms with Crippen LogP contribution in [-0.4, -0.2) is 18.5 Å². The number of ketones is 1. The van der Waals surface area contributed by atoms with Crippen LogP contribution in [0.1, 0.15) is 62.4 Å². The molecule has 100 valence electrons. The van der Waals surface area contributed by atoms with Gasteiger partial charge in [-0.05, 0) is 24.8 Å². The van der Waals surface area contributed by atoms with E-state index in [1.807, 2.05) is 31.2 Å². The monoisotopic (exact) mass is 248 g/mol. The molecule has 2 nitrogen and oxygen atoms in total. The van der Waals surface area contributed by atoms with Crippen LogP contribution in [0.15, 0.2) is 24.3 Å². The number of ether oxygens (including phenoxy) is 1. The fraction of sp³-hybridized carbons (Fsp3) is 0.562. The fourth-order valence-electron chi connectivity index (χ4n) is 1.85. The first kappa shape index (κ1) is 14.9. The second kappa shape index (κ2) is 7.32. The molecule has 0 saturated heterocycles. The van der Waals surface area contributed by atoms with Gasteiger partial charge >= 0.3 is 0 Å².